The molecule has 0 aromatic heterocycles. The molecule has 0 rings (SSSR count). The molecule has 0 fully saturated rings. The molecule has 0 atom stereocenters. The Balaban J connectivity index is 4.36. The zero-order valence-electron chi connectivity index (χ0n) is 34.9. The van der Waals surface area contributed by atoms with Crippen LogP contribution < -0.4 is 0 Å². The second-order valence-corrected chi connectivity index (χ2v) is 16.8. The number of ether oxygens (including phenoxy) is 3. The second-order valence-electron chi connectivity index (χ2n) is 16.8. The molecule has 0 radical (unpaired) electrons. The first-order chi connectivity index (χ1) is 24.6. The SMILES string of the molecule is CC(C)CCCCCCCCCCC(=O)OCC(COC(=O)CCCCCCCCCCC(C)C)OC(=O)CCCCCCCCCCC(C)C. The standard InChI is InChI=1S/C45H86O6/c1-39(2)31-25-19-13-7-10-16-22-28-34-43(46)49-37-42(51-45(48)36-30-24-18-12-9-15-21-27-33-41(5)6)38-50-44(47)35-29-23-17-11-8-14-20-26-32-40(3)4/h39-42H,7-38H2,1-6H3. The van der Waals surface area contributed by atoms with Crippen LogP contribution in [0, 0.1) is 17.8 Å². The van der Waals surface area contributed by atoms with Crippen molar-refractivity contribution in [2.75, 3.05) is 13.2 Å². The molecule has 0 aromatic carbocycles. The Kier molecular flexibility index (Phi) is 35.6. The Morgan fingerprint density at radius 1 is 0.333 bits per heavy atom. The van der Waals surface area contributed by atoms with Crippen LogP contribution in [0.5, 0.6) is 0 Å². The smallest absolute Gasteiger partial charge is 0.306 e. The first-order valence-electron chi connectivity index (χ1n) is 22.1. The summed E-state index contributed by atoms with van der Waals surface area (Å²) in [4.78, 5) is 37.6. The number of carbonyl (C=O) groups is 3. The van der Waals surface area contributed by atoms with Crippen molar-refractivity contribution in [2.24, 2.45) is 17.8 Å². The molecule has 0 aromatic rings. The third-order valence-electron chi connectivity index (χ3n) is 9.90. The van der Waals surface area contributed by atoms with Crippen molar-refractivity contribution in [3.63, 3.8) is 0 Å². The van der Waals surface area contributed by atoms with Gasteiger partial charge in [-0.15, -0.1) is 0 Å². The van der Waals surface area contributed by atoms with Gasteiger partial charge in [-0.25, -0.2) is 0 Å². The largest absolute Gasteiger partial charge is 0.462 e. The van der Waals surface area contributed by atoms with Crippen molar-refractivity contribution in [1.82, 2.24) is 0 Å². The number of unbranched alkanes of at least 4 members (excludes halogenated alkanes) is 21. The van der Waals surface area contributed by atoms with E-state index in [4.69, 9.17) is 14.2 Å². The van der Waals surface area contributed by atoms with Crippen LogP contribution in [0.3, 0.4) is 0 Å². The minimum absolute atomic E-state index is 0.0673. The summed E-state index contributed by atoms with van der Waals surface area (Å²) in [6, 6.07) is 0. The van der Waals surface area contributed by atoms with Crippen LogP contribution in [0.2, 0.25) is 0 Å². The van der Waals surface area contributed by atoms with Gasteiger partial charge in [0.15, 0.2) is 6.10 Å². The van der Waals surface area contributed by atoms with E-state index in [0.29, 0.717) is 19.3 Å². The maximum absolute atomic E-state index is 12.7. The van der Waals surface area contributed by atoms with Crippen molar-refractivity contribution in [2.45, 2.75) is 240 Å². The quantitative estimate of drug-likeness (QED) is 0.0359. The Morgan fingerprint density at radius 2 is 0.569 bits per heavy atom. The predicted octanol–water partition coefficient (Wildman–Crippen LogP) is 13.7. The first kappa shape index (κ1) is 49.4. The van der Waals surface area contributed by atoms with Crippen LogP contribution in [0.25, 0.3) is 0 Å². The molecular formula is C45H86O6. The number of esters is 3. The Bertz CT molecular complexity index is 748. The van der Waals surface area contributed by atoms with Crippen molar-refractivity contribution in [3.05, 3.63) is 0 Å². The van der Waals surface area contributed by atoms with Crippen LogP contribution in [0.4, 0.5) is 0 Å². The molecule has 6 nitrogen and oxygen atoms in total. The Labute approximate surface area is 317 Å². The molecule has 0 amide bonds. The van der Waals surface area contributed by atoms with Crippen LogP contribution in [-0.4, -0.2) is 37.2 Å². The lowest BCUT2D eigenvalue weighted by Crippen LogP contribution is -2.30. The van der Waals surface area contributed by atoms with Gasteiger partial charge in [0.25, 0.3) is 0 Å². The predicted molar refractivity (Wildman–Crippen MR) is 215 cm³/mol. The van der Waals surface area contributed by atoms with E-state index < -0.39 is 6.10 Å². The summed E-state index contributed by atoms with van der Waals surface area (Å²) in [5.41, 5.74) is 0. The van der Waals surface area contributed by atoms with Crippen LogP contribution in [0.1, 0.15) is 234 Å². The molecule has 0 aliphatic heterocycles. The molecule has 6 heteroatoms. The first-order valence-corrected chi connectivity index (χ1v) is 22.1. The topological polar surface area (TPSA) is 78.9 Å². The lowest BCUT2D eigenvalue weighted by molar-refractivity contribution is -0.167. The fraction of sp³-hybridized carbons (Fsp3) is 0.933. The van der Waals surface area contributed by atoms with E-state index in [1.54, 1.807) is 0 Å². The number of hydrogen-bond acceptors (Lipinski definition) is 6. The summed E-state index contributed by atoms with van der Waals surface area (Å²) in [6.45, 7) is 13.6. The van der Waals surface area contributed by atoms with Gasteiger partial charge in [0.2, 0.25) is 0 Å². The highest BCUT2D eigenvalue weighted by molar-refractivity contribution is 5.71. The van der Waals surface area contributed by atoms with Gasteiger partial charge in [-0.3, -0.25) is 14.4 Å². The Morgan fingerprint density at radius 3 is 0.843 bits per heavy atom. The molecule has 0 aliphatic carbocycles. The molecule has 0 saturated heterocycles. The normalized spacial score (nSPS) is 11.6. The lowest BCUT2D eigenvalue weighted by atomic mass is 10.0. The molecule has 302 valence electrons. The van der Waals surface area contributed by atoms with Crippen LogP contribution in [0.15, 0.2) is 0 Å². The molecule has 0 bridgehead atoms. The molecule has 0 saturated carbocycles. The summed E-state index contributed by atoms with van der Waals surface area (Å²) >= 11 is 0. The van der Waals surface area contributed by atoms with Crippen LogP contribution >= 0.6 is 0 Å². The summed E-state index contributed by atoms with van der Waals surface area (Å²) in [5, 5.41) is 0. The third-order valence-corrected chi connectivity index (χ3v) is 9.90. The fourth-order valence-corrected chi connectivity index (χ4v) is 6.52. The fourth-order valence-electron chi connectivity index (χ4n) is 6.52. The summed E-state index contributed by atoms with van der Waals surface area (Å²) in [6.07, 6.45) is 32.4. The van der Waals surface area contributed by atoms with E-state index in [1.165, 1.54) is 116 Å². The minimum atomic E-state index is -0.761. The average Bonchev–Trinajstić information content (AvgIpc) is 3.07. The van der Waals surface area contributed by atoms with Crippen molar-refractivity contribution < 1.29 is 28.6 Å². The summed E-state index contributed by atoms with van der Waals surface area (Å²) in [7, 11) is 0. The molecule has 0 aliphatic rings. The van der Waals surface area contributed by atoms with E-state index in [9.17, 15) is 14.4 Å². The molecule has 0 heterocycles. The molecule has 0 spiro atoms. The van der Waals surface area contributed by atoms with E-state index in [2.05, 4.69) is 41.5 Å². The maximum atomic E-state index is 12.7. The molecule has 51 heavy (non-hydrogen) atoms. The van der Waals surface area contributed by atoms with Gasteiger partial charge in [-0.05, 0) is 37.0 Å². The number of rotatable bonds is 38. The highest BCUT2D eigenvalue weighted by atomic mass is 16.6. The summed E-state index contributed by atoms with van der Waals surface area (Å²) < 4.78 is 16.7. The monoisotopic (exact) mass is 723 g/mol. The Hall–Kier alpha value is -1.59. The highest BCUT2D eigenvalue weighted by Gasteiger charge is 2.19. The number of carbonyl (C=O) groups excluding carboxylic acids is 3. The van der Waals surface area contributed by atoms with Gasteiger partial charge in [0.05, 0.1) is 0 Å². The zero-order chi connectivity index (χ0) is 37.8. The zero-order valence-corrected chi connectivity index (χ0v) is 34.9. The van der Waals surface area contributed by atoms with Gasteiger partial charge in [0.1, 0.15) is 13.2 Å². The van der Waals surface area contributed by atoms with Crippen molar-refractivity contribution >= 4 is 17.9 Å². The molecule has 0 N–H and O–H groups in total. The van der Waals surface area contributed by atoms with Crippen molar-refractivity contribution in [3.8, 4) is 0 Å². The van der Waals surface area contributed by atoms with E-state index in [-0.39, 0.29) is 31.1 Å². The van der Waals surface area contributed by atoms with Gasteiger partial charge in [0, 0.05) is 19.3 Å². The van der Waals surface area contributed by atoms with E-state index >= 15 is 0 Å². The van der Waals surface area contributed by atoms with E-state index in [0.717, 1.165) is 75.5 Å². The number of hydrogen-bond donors (Lipinski definition) is 0. The third kappa shape index (κ3) is 39.5. The second kappa shape index (κ2) is 36.8. The molecule has 0 unspecified atom stereocenters. The van der Waals surface area contributed by atoms with Gasteiger partial charge >= 0.3 is 17.9 Å². The minimum Gasteiger partial charge on any atom is -0.462 e. The lowest BCUT2D eigenvalue weighted by Gasteiger charge is -2.18. The van der Waals surface area contributed by atoms with Gasteiger partial charge in [-0.1, -0.05) is 196 Å². The van der Waals surface area contributed by atoms with Gasteiger partial charge < -0.3 is 14.2 Å². The average molecular weight is 723 g/mol. The van der Waals surface area contributed by atoms with E-state index in [1.807, 2.05) is 0 Å². The van der Waals surface area contributed by atoms with Gasteiger partial charge in [-0.2, -0.15) is 0 Å². The summed E-state index contributed by atoms with van der Waals surface area (Å²) in [5.74, 6) is 1.52. The molecular weight excluding hydrogens is 636 g/mol. The maximum Gasteiger partial charge on any atom is 0.306 e. The van der Waals surface area contributed by atoms with Crippen molar-refractivity contribution in [1.29, 1.82) is 0 Å². The van der Waals surface area contributed by atoms with Crippen LogP contribution in [-0.2, 0) is 28.6 Å². The highest BCUT2D eigenvalue weighted by Crippen LogP contribution is 2.16.